The van der Waals surface area contributed by atoms with Gasteiger partial charge >= 0.3 is 0 Å². The first-order chi connectivity index (χ1) is 11.6. The van der Waals surface area contributed by atoms with Crippen LogP contribution in [0.5, 0.6) is 5.75 Å². The van der Waals surface area contributed by atoms with E-state index < -0.39 is 0 Å². The van der Waals surface area contributed by atoms with Crippen LogP contribution < -0.4 is 10.5 Å². The number of carbonyl (C=O) groups excluding carboxylic acids is 1. The number of rotatable bonds is 8. The Labute approximate surface area is 157 Å². The van der Waals surface area contributed by atoms with Crippen LogP contribution in [0.2, 0.25) is 0 Å². The van der Waals surface area contributed by atoms with Crippen LogP contribution >= 0.6 is 12.4 Å². The fourth-order valence-corrected chi connectivity index (χ4v) is 3.55. The van der Waals surface area contributed by atoms with Gasteiger partial charge < -0.3 is 15.4 Å². The molecule has 140 valence electrons. The summed E-state index contributed by atoms with van der Waals surface area (Å²) in [5.74, 6) is 1.00. The summed E-state index contributed by atoms with van der Waals surface area (Å²) in [6, 6.07) is 7.85. The van der Waals surface area contributed by atoms with Crippen molar-refractivity contribution >= 4 is 18.3 Å². The molecule has 25 heavy (non-hydrogen) atoms. The molecule has 5 heteroatoms. The molecule has 2 N–H and O–H groups in total. The zero-order valence-electron chi connectivity index (χ0n) is 15.2. The summed E-state index contributed by atoms with van der Waals surface area (Å²) >= 11 is 0. The maximum atomic E-state index is 12.9. The molecular weight excluding hydrogens is 336 g/mol. The van der Waals surface area contributed by atoms with Crippen molar-refractivity contribution in [2.75, 3.05) is 20.2 Å². The third kappa shape index (κ3) is 6.05. The SMILES string of the molecule is C=CCN(Cc1ccc(OC)cc1)C(=O)CC1(CN)CCCCC1.Cl. The Balaban J connectivity index is 0.00000312. The molecule has 1 fully saturated rings. The topological polar surface area (TPSA) is 55.6 Å². The molecule has 0 unspecified atom stereocenters. The number of carbonyl (C=O) groups is 1. The Hall–Kier alpha value is -1.52. The standard InChI is InChI=1S/C20H30N2O2.ClH/c1-3-13-22(15-17-7-9-18(24-2)10-8-17)19(23)14-20(16-21)11-5-4-6-12-20;/h3,7-10H,1,4-6,11-16,21H2,2H3;1H. The number of benzene rings is 1. The fourth-order valence-electron chi connectivity index (χ4n) is 3.55. The highest BCUT2D eigenvalue weighted by atomic mass is 35.5. The van der Waals surface area contributed by atoms with Gasteiger partial charge in [0.2, 0.25) is 5.91 Å². The van der Waals surface area contributed by atoms with Crippen molar-refractivity contribution in [2.24, 2.45) is 11.1 Å². The molecule has 1 aromatic rings. The van der Waals surface area contributed by atoms with Crippen LogP contribution in [0.15, 0.2) is 36.9 Å². The summed E-state index contributed by atoms with van der Waals surface area (Å²) in [6.45, 7) is 5.55. The maximum absolute atomic E-state index is 12.9. The molecule has 1 amide bonds. The number of nitrogens with two attached hydrogens (primary N) is 1. The largest absolute Gasteiger partial charge is 0.497 e. The smallest absolute Gasteiger partial charge is 0.223 e. The van der Waals surface area contributed by atoms with Gasteiger partial charge in [0.05, 0.1) is 7.11 Å². The van der Waals surface area contributed by atoms with Crippen molar-refractivity contribution in [3.63, 3.8) is 0 Å². The first kappa shape index (κ1) is 21.5. The summed E-state index contributed by atoms with van der Waals surface area (Å²) < 4.78 is 5.19. The van der Waals surface area contributed by atoms with Crippen molar-refractivity contribution in [1.29, 1.82) is 0 Å². The second-order valence-corrected chi connectivity index (χ2v) is 6.85. The summed E-state index contributed by atoms with van der Waals surface area (Å²) in [7, 11) is 1.65. The Morgan fingerprint density at radius 2 is 1.92 bits per heavy atom. The number of methoxy groups -OCH3 is 1. The Kier molecular flexibility index (Phi) is 9.01. The van der Waals surface area contributed by atoms with E-state index in [0.717, 1.165) is 24.2 Å². The van der Waals surface area contributed by atoms with E-state index in [4.69, 9.17) is 10.5 Å². The second kappa shape index (κ2) is 10.5. The number of ether oxygens (including phenoxy) is 1. The minimum absolute atomic E-state index is 0. The average Bonchev–Trinajstić information content (AvgIpc) is 2.62. The molecule has 1 saturated carbocycles. The Morgan fingerprint density at radius 1 is 1.28 bits per heavy atom. The monoisotopic (exact) mass is 366 g/mol. The first-order valence-electron chi connectivity index (χ1n) is 8.84. The molecule has 0 saturated heterocycles. The van der Waals surface area contributed by atoms with Gasteiger partial charge in [0.1, 0.15) is 5.75 Å². The molecule has 1 aliphatic carbocycles. The summed E-state index contributed by atoms with van der Waals surface area (Å²) in [4.78, 5) is 14.8. The van der Waals surface area contributed by atoms with E-state index in [1.165, 1.54) is 19.3 Å². The lowest BCUT2D eigenvalue weighted by Gasteiger charge is -2.37. The molecule has 0 bridgehead atoms. The minimum Gasteiger partial charge on any atom is -0.497 e. The second-order valence-electron chi connectivity index (χ2n) is 6.85. The fraction of sp³-hybridized carbons (Fsp3) is 0.550. The highest BCUT2D eigenvalue weighted by molar-refractivity contribution is 5.85. The van der Waals surface area contributed by atoms with E-state index in [1.807, 2.05) is 29.2 Å². The van der Waals surface area contributed by atoms with Gasteiger partial charge in [0.25, 0.3) is 0 Å². The van der Waals surface area contributed by atoms with Gasteiger partial charge in [-0.3, -0.25) is 4.79 Å². The normalized spacial score (nSPS) is 15.8. The van der Waals surface area contributed by atoms with E-state index >= 15 is 0 Å². The molecule has 0 heterocycles. The van der Waals surface area contributed by atoms with Gasteiger partial charge in [0.15, 0.2) is 0 Å². The molecule has 1 aliphatic rings. The number of nitrogens with zero attached hydrogens (tertiary/aromatic N) is 1. The molecule has 2 rings (SSSR count). The van der Waals surface area contributed by atoms with E-state index in [2.05, 4.69) is 6.58 Å². The predicted molar refractivity (Wildman–Crippen MR) is 105 cm³/mol. The van der Waals surface area contributed by atoms with Gasteiger partial charge in [-0.2, -0.15) is 0 Å². The van der Waals surface area contributed by atoms with Crippen LogP contribution in [0.1, 0.15) is 44.1 Å². The lowest BCUT2D eigenvalue weighted by molar-refractivity contribution is -0.134. The first-order valence-corrected chi connectivity index (χ1v) is 8.84. The van der Waals surface area contributed by atoms with Crippen molar-refractivity contribution in [3.05, 3.63) is 42.5 Å². The molecule has 0 spiro atoms. The van der Waals surface area contributed by atoms with Gasteiger partial charge in [-0.15, -0.1) is 19.0 Å². The molecule has 1 aromatic carbocycles. The van der Waals surface area contributed by atoms with Crippen LogP contribution in [0.3, 0.4) is 0 Å². The summed E-state index contributed by atoms with van der Waals surface area (Å²) in [5.41, 5.74) is 7.13. The lowest BCUT2D eigenvalue weighted by atomic mass is 9.71. The molecular formula is C20H31ClN2O2. The minimum atomic E-state index is -0.00530. The van der Waals surface area contributed by atoms with Crippen molar-refractivity contribution in [3.8, 4) is 5.75 Å². The highest BCUT2D eigenvalue weighted by Gasteiger charge is 2.34. The molecule has 0 aromatic heterocycles. The third-order valence-electron chi connectivity index (χ3n) is 5.11. The molecule has 0 atom stereocenters. The zero-order valence-corrected chi connectivity index (χ0v) is 16.0. The van der Waals surface area contributed by atoms with Crippen LogP contribution in [0.4, 0.5) is 0 Å². The van der Waals surface area contributed by atoms with E-state index in [9.17, 15) is 4.79 Å². The lowest BCUT2D eigenvalue weighted by Crippen LogP contribution is -2.40. The predicted octanol–water partition coefficient (Wildman–Crippen LogP) is 3.93. The quantitative estimate of drug-likeness (QED) is 0.709. The van der Waals surface area contributed by atoms with Crippen molar-refractivity contribution in [1.82, 2.24) is 4.90 Å². The zero-order chi connectivity index (χ0) is 17.4. The number of amides is 1. The summed E-state index contributed by atoms with van der Waals surface area (Å²) in [6.07, 6.45) is 8.11. The van der Waals surface area contributed by atoms with Crippen LogP contribution in [0.25, 0.3) is 0 Å². The van der Waals surface area contributed by atoms with Gasteiger partial charge in [-0.1, -0.05) is 37.5 Å². The molecule has 4 nitrogen and oxygen atoms in total. The maximum Gasteiger partial charge on any atom is 0.223 e. The van der Waals surface area contributed by atoms with E-state index in [0.29, 0.717) is 26.1 Å². The van der Waals surface area contributed by atoms with Crippen LogP contribution in [-0.2, 0) is 11.3 Å². The number of hydrogen-bond acceptors (Lipinski definition) is 3. The number of halogens is 1. The van der Waals surface area contributed by atoms with Gasteiger partial charge in [-0.25, -0.2) is 0 Å². The average molecular weight is 367 g/mol. The third-order valence-corrected chi connectivity index (χ3v) is 5.11. The van der Waals surface area contributed by atoms with E-state index in [-0.39, 0.29) is 23.7 Å². The number of hydrogen-bond donors (Lipinski definition) is 1. The highest BCUT2D eigenvalue weighted by Crippen LogP contribution is 2.38. The van der Waals surface area contributed by atoms with Crippen molar-refractivity contribution in [2.45, 2.75) is 45.1 Å². The van der Waals surface area contributed by atoms with Crippen LogP contribution in [0, 0.1) is 5.41 Å². The van der Waals surface area contributed by atoms with E-state index in [1.54, 1.807) is 13.2 Å². The Bertz CT molecular complexity index is 539. The molecule has 0 aliphatic heterocycles. The summed E-state index contributed by atoms with van der Waals surface area (Å²) in [5, 5.41) is 0. The van der Waals surface area contributed by atoms with Crippen molar-refractivity contribution < 1.29 is 9.53 Å². The van der Waals surface area contributed by atoms with Gasteiger partial charge in [0, 0.05) is 19.5 Å². The molecule has 0 radical (unpaired) electrons. The van der Waals surface area contributed by atoms with Gasteiger partial charge in [-0.05, 0) is 42.5 Å². The Morgan fingerprint density at radius 3 is 2.44 bits per heavy atom. The van der Waals surface area contributed by atoms with Crippen LogP contribution in [-0.4, -0.2) is 31.0 Å².